The lowest BCUT2D eigenvalue weighted by Gasteiger charge is -2.27. The second kappa shape index (κ2) is 12.7. The zero-order valence-corrected chi connectivity index (χ0v) is 25.9. The van der Waals surface area contributed by atoms with Crippen LogP contribution in [-0.2, 0) is 27.9 Å². The van der Waals surface area contributed by atoms with Gasteiger partial charge in [0.1, 0.15) is 10.4 Å². The van der Waals surface area contributed by atoms with Gasteiger partial charge in [-0.3, -0.25) is 4.79 Å². The van der Waals surface area contributed by atoms with E-state index in [4.69, 9.17) is 0 Å². The third-order valence-electron chi connectivity index (χ3n) is 8.74. The molecule has 11 heteroatoms. The summed E-state index contributed by atoms with van der Waals surface area (Å²) >= 11 is 0. The highest BCUT2D eigenvalue weighted by Gasteiger charge is 2.39. The monoisotopic (exact) mass is 623 g/mol. The van der Waals surface area contributed by atoms with E-state index in [0.29, 0.717) is 18.0 Å². The molecule has 4 aromatic rings. The number of aryl methyl sites for hydroxylation is 3. The van der Waals surface area contributed by atoms with E-state index in [1.807, 2.05) is 67.9 Å². The fraction of sp³-hybridized carbons (Fsp3) is 0.406. The van der Waals surface area contributed by atoms with Crippen LogP contribution in [0, 0.1) is 13.8 Å². The van der Waals surface area contributed by atoms with Gasteiger partial charge in [0.15, 0.2) is 0 Å². The molecule has 0 radical (unpaired) electrons. The number of para-hydroxylation sites is 1. The molecule has 43 heavy (non-hydrogen) atoms. The van der Waals surface area contributed by atoms with Gasteiger partial charge in [-0.25, -0.2) is 13.1 Å². The normalized spacial score (nSPS) is 18.2. The molecule has 3 aromatic carbocycles. The molecule has 1 aromatic heterocycles. The maximum Gasteiger partial charge on any atom is 0.304 e. The Morgan fingerprint density at radius 2 is 1.88 bits per heavy atom. The van der Waals surface area contributed by atoms with Crippen LogP contribution in [0.15, 0.2) is 59.5 Å². The van der Waals surface area contributed by atoms with E-state index >= 15 is 0 Å². The van der Waals surface area contributed by atoms with Crippen LogP contribution in [0.3, 0.4) is 0 Å². The summed E-state index contributed by atoms with van der Waals surface area (Å²) in [4.78, 5) is 14.7. The van der Waals surface area contributed by atoms with Crippen LogP contribution in [0.2, 0.25) is 0 Å². The van der Waals surface area contributed by atoms with E-state index in [2.05, 4.69) is 15.2 Å². The zero-order chi connectivity index (χ0) is 28.9. The SMILES string of the molecule is C.CCn1nnc2c(C)c([C@@H](CC(=O)O)c3ccc(C)c(CN4C[C@@H]5CCCN5c5ccccc5S4(=O)=O)c3)ccc21.S. The van der Waals surface area contributed by atoms with Crippen molar-refractivity contribution in [3.05, 3.63) is 82.4 Å². The van der Waals surface area contributed by atoms with Gasteiger partial charge in [-0.2, -0.15) is 17.8 Å². The lowest BCUT2D eigenvalue weighted by molar-refractivity contribution is -0.137. The maximum absolute atomic E-state index is 14.0. The average molecular weight is 624 g/mol. The summed E-state index contributed by atoms with van der Waals surface area (Å²) in [5.74, 6) is -1.32. The van der Waals surface area contributed by atoms with E-state index in [1.54, 1.807) is 16.4 Å². The number of benzene rings is 3. The van der Waals surface area contributed by atoms with Crippen molar-refractivity contribution in [2.24, 2.45) is 0 Å². The van der Waals surface area contributed by atoms with Gasteiger partial charge in [-0.05, 0) is 79.6 Å². The Balaban J connectivity index is 0.00000212. The number of fused-ring (bicyclic) bond motifs is 4. The Bertz CT molecular complexity index is 1750. The lowest BCUT2D eigenvalue weighted by atomic mass is 9.84. The third-order valence-corrected chi connectivity index (χ3v) is 10.6. The molecule has 2 aliphatic rings. The predicted octanol–water partition coefficient (Wildman–Crippen LogP) is 5.60. The molecule has 230 valence electrons. The molecule has 0 saturated carbocycles. The van der Waals surface area contributed by atoms with Gasteiger partial charge in [0.05, 0.1) is 17.6 Å². The first-order valence-electron chi connectivity index (χ1n) is 14.2. The van der Waals surface area contributed by atoms with Crippen LogP contribution in [-0.4, -0.2) is 57.9 Å². The number of anilines is 1. The van der Waals surface area contributed by atoms with Gasteiger partial charge < -0.3 is 10.0 Å². The fourth-order valence-corrected chi connectivity index (χ4v) is 8.18. The van der Waals surface area contributed by atoms with Crippen molar-refractivity contribution in [3.8, 4) is 0 Å². The Morgan fingerprint density at radius 3 is 2.63 bits per heavy atom. The molecule has 0 spiro atoms. The summed E-state index contributed by atoms with van der Waals surface area (Å²) in [7, 11) is -3.73. The molecule has 0 aliphatic carbocycles. The van der Waals surface area contributed by atoms with Crippen molar-refractivity contribution in [3.63, 3.8) is 0 Å². The van der Waals surface area contributed by atoms with Crippen molar-refractivity contribution in [2.45, 2.75) is 77.4 Å². The average Bonchev–Trinajstić information content (AvgIpc) is 3.58. The summed E-state index contributed by atoms with van der Waals surface area (Å²) in [6.07, 6.45) is 1.89. The van der Waals surface area contributed by atoms with Crippen molar-refractivity contribution >= 4 is 46.2 Å². The number of rotatable bonds is 7. The minimum absolute atomic E-state index is 0. The predicted molar refractivity (Wildman–Crippen MR) is 175 cm³/mol. The first-order valence-corrected chi connectivity index (χ1v) is 15.6. The van der Waals surface area contributed by atoms with Crippen molar-refractivity contribution in [1.82, 2.24) is 19.3 Å². The van der Waals surface area contributed by atoms with E-state index in [9.17, 15) is 18.3 Å². The molecule has 2 atom stereocenters. The lowest BCUT2D eigenvalue weighted by Crippen LogP contribution is -2.39. The van der Waals surface area contributed by atoms with Crippen LogP contribution >= 0.6 is 13.5 Å². The highest BCUT2D eigenvalue weighted by Crippen LogP contribution is 2.39. The summed E-state index contributed by atoms with van der Waals surface area (Å²) in [6.45, 7) is 8.14. The summed E-state index contributed by atoms with van der Waals surface area (Å²) in [5.41, 5.74) is 6.95. The molecule has 9 nitrogen and oxygen atoms in total. The van der Waals surface area contributed by atoms with Gasteiger partial charge in [0.2, 0.25) is 10.0 Å². The first kappa shape index (κ1) is 32.5. The van der Waals surface area contributed by atoms with Crippen molar-refractivity contribution in [2.75, 3.05) is 18.0 Å². The van der Waals surface area contributed by atoms with Gasteiger partial charge in [0.25, 0.3) is 0 Å². The molecule has 1 fully saturated rings. The molecule has 0 unspecified atom stereocenters. The fourth-order valence-electron chi connectivity index (χ4n) is 6.52. The van der Waals surface area contributed by atoms with Crippen LogP contribution < -0.4 is 4.90 Å². The number of nitrogens with zero attached hydrogens (tertiary/aromatic N) is 5. The quantitative estimate of drug-likeness (QED) is 0.286. The van der Waals surface area contributed by atoms with Gasteiger partial charge in [-0.1, -0.05) is 49.0 Å². The molecule has 1 saturated heterocycles. The number of aliphatic carboxylic acids is 1. The molecule has 1 N–H and O–H groups in total. The Morgan fingerprint density at radius 1 is 1.12 bits per heavy atom. The Hall–Kier alpha value is -3.41. The van der Waals surface area contributed by atoms with Crippen LogP contribution in [0.5, 0.6) is 0 Å². The molecule has 0 bridgehead atoms. The van der Waals surface area contributed by atoms with E-state index in [-0.39, 0.29) is 39.9 Å². The molecule has 6 rings (SSSR count). The summed E-state index contributed by atoms with van der Waals surface area (Å²) in [6, 6.07) is 17.3. The van der Waals surface area contributed by atoms with Crippen LogP contribution in [0.25, 0.3) is 11.0 Å². The van der Waals surface area contributed by atoms with Gasteiger partial charge in [-0.15, -0.1) is 5.10 Å². The Kier molecular flexibility index (Phi) is 9.58. The number of hydrogen-bond acceptors (Lipinski definition) is 6. The zero-order valence-electron chi connectivity index (χ0n) is 24.1. The number of sulfonamides is 1. The van der Waals surface area contributed by atoms with Crippen LogP contribution in [0.4, 0.5) is 5.69 Å². The molecular weight excluding hydrogens is 583 g/mol. The smallest absolute Gasteiger partial charge is 0.304 e. The Labute approximate surface area is 261 Å². The molecule has 3 heterocycles. The largest absolute Gasteiger partial charge is 0.481 e. The number of aromatic nitrogens is 3. The minimum atomic E-state index is -3.73. The van der Waals surface area contributed by atoms with Crippen molar-refractivity contribution in [1.29, 1.82) is 0 Å². The van der Waals surface area contributed by atoms with Crippen molar-refractivity contribution < 1.29 is 18.3 Å². The van der Waals surface area contributed by atoms with Gasteiger partial charge in [0, 0.05) is 38.1 Å². The summed E-state index contributed by atoms with van der Waals surface area (Å²) < 4.78 is 31.4. The number of carboxylic acids is 1. The first-order chi connectivity index (χ1) is 19.7. The number of carboxylic acid groups (broad SMARTS) is 1. The van der Waals surface area contributed by atoms with E-state index < -0.39 is 21.9 Å². The molecule has 0 amide bonds. The second-order valence-corrected chi connectivity index (χ2v) is 13.1. The highest BCUT2D eigenvalue weighted by molar-refractivity contribution is 7.89. The minimum Gasteiger partial charge on any atom is -0.481 e. The summed E-state index contributed by atoms with van der Waals surface area (Å²) in [5, 5.41) is 18.5. The van der Waals surface area contributed by atoms with Crippen LogP contribution in [0.1, 0.15) is 67.3 Å². The van der Waals surface area contributed by atoms with E-state index in [0.717, 1.165) is 63.9 Å². The number of carbonyl (C=O) groups is 1. The highest BCUT2D eigenvalue weighted by atomic mass is 32.2. The van der Waals surface area contributed by atoms with E-state index in [1.165, 1.54) is 0 Å². The molecule has 2 aliphatic heterocycles. The standard InChI is InChI=1S/C31H35N5O4S.CH4.H2S/c1-4-36-28-14-13-25(21(3)31(28)32-33-36)26(17-30(37)38)22-12-11-20(2)23(16-22)18-34-19-24-8-7-15-35(24)27-9-5-6-10-29(27)41(34,39)40;;/h5-6,9-14,16,24,26H,4,7-8,15,17-19H2,1-3H3,(H,37,38);1H4;1H2/t24-,26-;;/m0../s1. The van der Waals surface area contributed by atoms with Gasteiger partial charge >= 0.3 is 5.97 Å². The number of hydrogen-bond donors (Lipinski definition) is 1. The second-order valence-electron chi connectivity index (χ2n) is 11.1. The third kappa shape index (κ3) is 5.77. The molecular formula is C32H41N5O4S2. The topological polar surface area (TPSA) is 109 Å². The maximum atomic E-state index is 14.0.